The van der Waals surface area contributed by atoms with Gasteiger partial charge in [-0.2, -0.15) is 0 Å². The Morgan fingerprint density at radius 2 is 2.28 bits per heavy atom. The summed E-state index contributed by atoms with van der Waals surface area (Å²) in [6, 6.07) is 4.05. The molecule has 0 amide bonds. The Morgan fingerprint density at radius 3 is 2.94 bits per heavy atom. The number of nitrogens with zero attached hydrogens (tertiary/aromatic N) is 2. The molecule has 0 unspecified atom stereocenters. The van der Waals surface area contributed by atoms with Crippen molar-refractivity contribution in [3.8, 4) is 0 Å². The van der Waals surface area contributed by atoms with E-state index in [1.165, 1.54) is 6.42 Å². The Bertz CT molecular complexity index is 658. The average Bonchev–Trinajstić information content (AvgIpc) is 2.28. The zero-order valence-corrected chi connectivity index (χ0v) is 10.3. The van der Waals surface area contributed by atoms with Gasteiger partial charge in [0.05, 0.1) is 5.39 Å². The molecule has 5 nitrogen and oxygen atoms in total. The number of nitrogens with one attached hydrogen (secondary N) is 1. The molecule has 1 fully saturated rings. The van der Waals surface area contributed by atoms with E-state index in [-0.39, 0.29) is 5.56 Å². The fourth-order valence-electron chi connectivity index (χ4n) is 2.23. The Morgan fingerprint density at radius 1 is 1.50 bits per heavy atom. The minimum absolute atomic E-state index is 0.0400. The highest BCUT2D eigenvalue weighted by Crippen LogP contribution is 2.26. The topological polar surface area (TPSA) is 72.9 Å². The maximum Gasteiger partial charge on any atom is 0.261 e. The molecule has 3 rings (SSSR count). The number of anilines is 2. The van der Waals surface area contributed by atoms with Crippen LogP contribution in [-0.4, -0.2) is 15.6 Å². The highest BCUT2D eigenvalue weighted by Gasteiger charge is 2.19. The van der Waals surface area contributed by atoms with Gasteiger partial charge in [-0.05, 0) is 36.8 Å². The molecule has 0 aromatic carbocycles. The van der Waals surface area contributed by atoms with E-state index in [4.69, 9.17) is 5.73 Å². The summed E-state index contributed by atoms with van der Waals surface area (Å²) in [7, 11) is 1.74. The van der Waals surface area contributed by atoms with Gasteiger partial charge >= 0.3 is 0 Å². The SMILES string of the molecule is Cn1ccc2cc(N)nc(NC3CCC3)c2c1=O. The molecule has 0 saturated heterocycles. The predicted octanol–water partition coefficient (Wildman–Crippen LogP) is 1.48. The van der Waals surface area contributed by atoms with E-state index in [1.807, 2.05) is 6.07 Å². The zero-order chi connectivity index (χ0) is 12.7. The van der Waals surface area contributed by atoms with Crippen molar-refractivity contribution < 1.29 is 0 Å². The van der Waals surface area contributed by atoms with E-state index in [0.717, 1.165) is 18.2 Å². The quantitative estimate of drug-likeness (QED) is 0.839. The lowest BCUT2D eigenvalue weighted by molar-refractivity contribution is 0.445. The molecule has 1 aliphatic carbocycles. The summed E-state index contributed by atoms with van der Waals surface area (Å²) in [5, 5.41) is 4.79. The molecule has 2 aromatic rings. The van der Waals surface area contributed by atoms with Gasteiger partial charge in [0, 0.05) is 19.3 Å². The number of aryl methyl sites for hydroxylation is 1. The minimum Gasteiger partial charge on any atom is -0.384 e. The van der Waals surface area contributed by atoms with Crippen molar-refractivity contribution >= 4 is 22.4 Å². The zero-order valence-electron chi connectivity index (χ0n) is 10.3. The lowest BCUT2D eigenvalue weighted by atomic mass is 9.93. The maximum absolute atomic E-state index is 12.2. The summed E-state index contributed by atoms with van der Waals surface area (Å²) < 4.78 is 1.56. The number of hydrogen-bond donors (Lipinski definition) is 2. The molecule has 5 heteroatoms. The van der Waals surface area contributed by atoms with Gasteiger partial charge in [0.25, 0.3) is 5.56 Å². The van der Waals surface area contributed by atoms with Gasteiger partial charge < -0.3 is 15.6 Å². The Balaban J connectivity index is 2.20. The van der Waals surface area contributed by atoms with E-state index in [2.05, 4.69) is 10.3 Å². The molecule has 1 aliphatic rings. The van der Waals surface area contributed by atoms with Crippen molar-refractivity contribution in [3.63, 3.8) is 0 Å². The molecule has 3 N–H and O–H groups in total. The lowest BCUT2D eigenvalue weighted by Crippen LogP contribution is -2.29. The van der Waals surface area contributed by atoms with E-state index in [1.54, 1.807) is 23.9 Å². The van der Waals surface area contributed by atoms with Crippen molar-refractivity contribution in [1.29, 1.82) is 0 Å². The maximum atomic E-state index is 12.2. The Kier molecular flexibility index (Phi) is 2.47. The van der Waals surface area contributed by atoms with Gasteiger partial charge in [-0.25, -0.2) is 4.98 Å². The van der Waals surface area contributed by atoms with Crippen LogP contribution in [0, 0.1) is 0 Å². The summed E-state index contributed by atoms with van der Waals surface area (Å²) >= 11 is 0. The van der Waals surface area contributed by atoms with Gasteiger partial charge in [0.2, 0.25) is 0 Å². The summed E-state index contributed by atoms with van der Waals surface area (Å²) in [4.78, 5) is 16.5. The van der Waals surface area contributed by atoms with E-state index >= 15 is 0 Å². The predicted molar refractivity (Wildman–Crippen MR) is 72.7 cm³/mol. The Labute approximate surface area is 105 Å². The van der Waals surface area contributed by atoms with Crippen LogP contribution in [0.25, 0.3) is 10.8 Å². The first-order chi connectivity index (χ1) is 8.65. The fraction of sp³-hybridized carbons (Fsp3) is 0.385. The van der Waals surface area contributed by atoms with Crippen molar-refractivity contribution in [2.24, 2.45) is 7.05 Å². The largest absolute Gasteiger partial charge is 0.384 e. The summed E-state index contributed by atoms with van der Waals surface area (Å²) in [6.07, 6.45) is 5.24. The Hall–Kier alpha value is -2.04. The smallest absolute Gasteiger partial charge is 0.261 e. The number of rotatable bonds is 2. The number of aromatic nitrogens is 2. The van der Waals surface area contributed by atoms with Crippen LogP contribution < -0.4 is 16.6 Å². The van der Waals surface area contributed by atoms with Crippen LogP contribution in [0.4, 0.5) is 11.6 Å². The van der Waals surface area contributed by atoms with Crippen molar-refractivity contribution in [1.82, 2.24) is 9.55 Å². The second-order valence-electron chi connectivity index (χ2n) is 4.86. The first-order valence-electron chi connectivity index (χ1n) is 6.17. The van der Waals surface area contributed by atoms with Crippen LogP contribution in [0.3, 0.4) is 0 Å². The molecule has 2 heterocycles. The molecule has 1 saturated carbocycles. The van der Waals surface area contributed by atoms with Gasteiger partial charge in [0.15, 0.2) is 0 Å². The minimum atomic E-state index is -0.0400. The summed E-state index contributed by atoms with van der Waals surface area (Å²) in [5.74, 6) is 1.06. The molecular weight excluding hydrogens is 228 g/mol. The normalized spacial score (nSPS) is 15.6. The van der Waals surface area contributed by atoms with Crippen LogP contribution in [0.1, 0.15) is 19.3 Å². The third-order valence-electron chi connectivity index (χ3n) is 3.53. The van der Waals surface area contributed by atoms with Crippen LogP contribution in [0.5, 0.6) is 0 Å². The fourth-order valence-corrected chi connectivity index (χ4v) is 2.23. The highest BCUT2D eigenvalue weighted by molar-refractivity contribution is 5.92. The van der Waals surface area contributed by atoms with Gasteiger partial charge in [-0.3, -0.25) is 4.79 Å². The average molecular weight is 244 g/mol. The third-order valence-corrected chi connectivity index (χ3v) is 3.53. The number of nitrogens with two attached hydrogens (primary N) is 1. The van der Waals surface area contributed by atoms with Crippen LogP contribution in [0.2, 0.25) is 0 Å². The lowest BCUT2D eigenvalue weighted by Gasteiger charge is -2.27. The highest BCUT2D eigenvalue weighted by atomic mass is 16.1. The second-order valence-corrected chi connectivity index (χ2v) is 4.86. The van der Waals surface area contributed by atoms with E-state index < -0.39 is 0 Å². The molecule has 0 bridgehead atoms. The first kappa shape index (κ1) is 11.1. The van der Waals surface area contributed by atoms with Crippen molar-refractivity contribution in [3.05, 3.63) is 28.7 Å². The van der Waals surface area contributed by atoms with Crippen LogP contribution in [0.15, 0.2) is 23.1 Å². The number of nitrogen functional groups attached to an aromatic ring is 1. The number of fused-ring (bicyclic) bond motifs is 1. The van der Waals surface area contributed by atoms with Gasteiger partial charge in [0.1, 0.15) is 11.6 Å². The summed E-state index contributed by atoms with van der Waals surface area (Å²) in [5.41, 5.74) is 5.75. The molecule has 94 valence electrons. The van der Waals surface area contributed by atoms with E-state index in [0.29, 0.717) is 23.1 Å². The molecule has 0 spiro atoms. The molecule has 18 heavy (non-hydrogen) atoms. The van der Waals surface area contributed by atoms with Crippen molar-refractivity contribution in [2.75, 3.05) is 11.1 Å². The monoisotopic (exact) mass is 244 g/mol. The third kappa shape index (κ3) is 1.72. The van der Waals surface area contributed by atoms with Crippen LogP contribution >= 0.6 is 0 Å². The standard InChI is InChI=1S/C13H16N4O/c1-17-6-5-8-7-10(14)16-12(11(8)13(17)18)15-9-3-2-4-9/h5-7,9H,2-4H2,1H3,(H3,14,15,16). The molecule has 0 radical (unpaired) electrons. The number of pyridine rings is 2. The van der Waals surface area contributed by atoms with Crippen LogP contribution in [-0.2, 0) is 7.05 Å². The molecule has 2 aromatic heterocycles. The molecular formula is C13H16N4O. The molecule has 0 atom stereocenters. The first-order valence-corrected chi connectivity index (χ1v) is 6.17. The molecule has 0 aliphatic heterocycles. The van der Waals surface area contributed by atoms with Gasteiger partial charge in [-0.15, -0.1) is 0 Å². The summed E-state index contributed by atoms with van der Waals surface area (Å²) in [6.45, 7) is 0. The van der Waals surface area contributed by atoms with Gasteiger partial charge in [-0.1, -0.05) is 0 Å². The second kappa shape index (κ2) is 4.01. The number of hydrogen-bond acceptors (Lipinski definition) is 4. The van der Waals surface area contributed by atoms with E-state index in [9.17, 15) is 4.79 Å². The van der Waals surface area contributed by atoms with Crippen molar-refractivity contribution in [2.45, 2.75) is 25.3 Å².